The lowest BCUT2D eigenvalue weighted by Crippen LogP contribution is -2.09. The van der Waals surface area contributed by atoms with E-state index in [9.17, 15) is 0 Å². The van der Waals surface area contributed by atoms with Crippen LogP contribution in [-0.4, -0.2) is 5.71 Å². The summed E-state index contributed by atoms with van der Waals surface area (Å²) in [5, 5.41) is 8.61. The van der Waals surface area contributed by atoms with Crippen LogP contribution in [0.4, 0.5) is 11.4 Å². The molecule has 0 heterocycles. The summed E-state index contributed by atoms with van der Waals surface area (Å²) < 4.78 is 0. The van der Waals surface area contributed by atoms with Gasteiger partial charge in [0.1, 0.15) is 0 Å². The molecule has 5 rings (SSSR count). The van der Waals surface area contributed by atoms with Crippen molar-refractivity contribution in [3.05, 3.63) is 96.7 Å². The smallest absolute Gasteiger partial charge is 0.0711 e. The van der Waals surface area contributed by atoms with Crippen molar-refractivity contribution in [2.75, 3.05) is 5.32 Å². The number of anilines is 1. The van der Waals surface area contributed by atoms with Crippen molar-refractivity contribution in [1.82, 2.24) is 0 Å². The van der Waals surface area contributed by atoms with E-state index in [-0.39, 0.29) is 0 Å². The topological polar surface area (TPSA) is 24.4 Å². The maximum Gasteiger partial charge on any atom is 0.0711 e. The Bertz CT molecular complexity index is 1210. The third-order valence-electron chi connectivity index (χ3n) is 5.34. The van der Waals surface area contributed by atoms with E-state index in [1.54, 1.807) is 0 Å². The first-order valence-electron chi connectivity index (χ1n) is 9.87. The average molecular weight is 362 g/mol. The fourth-order valence-electron chi connectivity index (χ4n) is 3.96. The number of rotatable bonds is 3. The van der Waals surface area contributed by atoms with Crippen molar-refractivity contribution < 1.29 is 0 Å². The highest BCUT2D eigenvalue weighted by Gasteiger charge is 2.11. The van der Waals surface area contributed by atoms with Gasteiger partial charge in [-0.05, 0) is 48.2 Å². The van der Waals surface area contributed by atoms with Gasteiger partial charge in [0.05, 0.1) is 5.69 Å². The monoisotopic (exact) mass is 362 g/mol. The summed E-state index contributed by atoms with van der Waals surface area (Å²) in [6, 6.07) is 29.7. The van der Waals surface area contributed by atoms with E-state index >= 15 is 0 Å². The van der Waals surface area contributed by atoms with Gasteiger partial charge >= 0.3 is 0 Å². The lowest BCUT2D eigenvalue weighted by molar-refractivity contribution is 0.840. The van der Waals surface area contributed by atoms with Crippen LogP contribution in [0, 0.1) is 0 Å². The Balaban J connectivity index is 1.49. The summed E-state index contributed by atoms with van der Waals surface area (Å²) in [7, 11) is 0. The Hall–Kier alpha value is -3.39. The van der Waals surface area contributed by atoms with Gasteiger partial charge in [-0.25, -0.2) is 0 Å². The Morgan fingerprint density at radius 2 is 1.32 bits per heavy atom. The molecule has 4 aromatic rings. The zero-order valence-electron chi connectivity index (χ0n) is 15.7. The van der Waals surface area contributed by atoms with Crippen LogP contribution in [-0.2, 0) is 0 Å². The Morgan fingerprint density at radius 1 is 0.643 bits per heavy atom. The average Bonchev–Trinajstić information content (AvgIpc) is 2.75. The summed E-state index contributed by atoms with van der Waals surface area (Å²) in [4.78, 5) is 5.00. The predicted molar refractivity (Wildman–Crippen MR) is 121 cm³/mol. The van der Waals surface area contributed by atoms with Gasteiger partial charge in [0.2, 0.25) is 0 Å². The zero-order chi connectivity index (χ0) is 18.8. The molecule has 1 N–H and O–H groups in total. The maximum atomic E-state index is 5.00. The Labute approximate surface area is 165 Å². The number of nitrogens with zero attached hydrogens (tertiary/aromatic N) is 1. The second-order valence-electron chi connectivity index (χ2n) is 7.28. The quantitative estimate of drug-likeness (QED) is 0.408. The molecule has 2 heteroatoms. The highest BCUT2D eigenvalue weighted by molar-refractivity contribution is 6.02. The summed E-state index contributed by atoms with van der Waals surface area (Å²) >= 11 is 0. The molecule has 0 atom stereocenters. The molecule has 1 aliphatic rings. The van der Waals surface area contributed by atoms with Crippen molar-refractivity contribution in [3.8, 4) is 0 Å². The maximum absolute atomic E-state index is 5.00. The van der Waals surface area contributed by atoms with Gasteiger partial charge in [0.15, 0.2) is 0 Å². The van der Waals surface area contributed by atoms with Gasteiger partial charge in [-0.15, -0.1) is 0 Å². The third kappa shape index (κ3) is 3.29. The molecule has 0 aliphatic heterocycles. The summed E-state index contributed by atoms with van der Waals surface area (Å²) in [6.07, 6.45) is 5.42. The van der Waals surface area contributed by atoms with E-state index in [1.807, 2.05) is 0 Å². The molecule has 0 aromatic heterocycles. The second-order valence-corrected chi connectivity index (χ2v) is 7.28. The molecule has 2 nitrogen and oxygen atoms in total. The standard InChI is InChI=1S/C26H22N2/c1-3-14-23-19(8-1)10-5-16-25(23)27-21-12-7-13-22(18-21)28-26-17-6-11-20-9-2-4-15-24(20)26/h1-6,8-11,14-18,27H,7,12-13H2/b28-22+. The highest BCUT2D eigenvalue weighted by Crippen LogP contribution is 2.29. The Kier molecular flexibility index (Phi) is 4.38. The molecular formula is C26H22N2. The molecule has 28 heavy (non-hydrogen) atoms. The largest absolute Gasteiger partial charge is 0.358 e. The molecule has 4 aromatic carbocycles. The van der Waals surface area contributed by atoms with Crippen LogP contribution in [0.1, 0.15) is 19.3 Å². The molecule has 136 valence electrons. The van der Waals surface area contributed by atoms with Gasteiger partial charge in [-0.2, -0.15) is 0 Å². The van der Waals surface area contributed by atoms with Crippen molar-refractivity contribution in [1.29, 1.82) is 0 Å². The van der Waals surface area contributed by atoms with Crippen LogP contribution in [0.2, 0.25) is 0 Å². The minimum absolute atomic E-state index is 1.02. The summed E-state index contributed by atoms with van der Waals surface area (Å²) in [6.45, 7) is 0. The first kappa shape index (κ1) is 16.8. The molecule has 0 spiro atoms. The fraction of sp³-hybridized carbons (Fsp3) is 0.115. The molecule has 0 radical (unpaired) electrons. The van der Waals surface area contributed by atoms with Crippen LogP contribution in [0.15, 0.2) is 102 Å². The van der Waals surface area contributed by atoms with Gasteiger partial charge in [0, 0.05) is 27.9 Å². The number of hydrogen-bond acceptors (Lipinski definition) is 2. The number of nitrogens with one attached hydrogen (secondary N) is 1. The van der Waals surface area contributed by atoms with E-state index in [1.165, 1.54) is 27.2 Å². The van der Waals surface area contributed by atoms with Gasteiger partial charge < -0.3 is 5.32 Å². The zero-order valence-corrected chi connectivity index (χ0v) is 15.7. The number of aliphatic imine (C=N–C) groups is 1. The summed E-state index contributed by atoms with van der Waals surface area (Å²) in [5.74, 6) is 0. The Morgan fingerprint density at radius 3 is 2.18 bits per heavy atom. The second kappa shape index (κ2) is 7.32. The molecule has 0 unspecified atom stereocenters. The predicted octanol–water partition coefficient (Wildman–Crippen LogP) is 7.25. The number of hydrogen-bond donors (Lipinski definition) is 1. The SMILES string of the molecule is C1=C(Nc2cccc3ccccc23)CCC/C1=N\c1cccc2ccccc12. The van der Waals surface area contributed by atoms with Crippen LogP contribution in [0.25, 0.3) is 21.5 Å². The van der Waals surface area contributed by atoms with E-state index in [0.29, 0.717) is 0 Å². The van der Waals surface area contributed by atoms with Crippen molar-refractivity contribution in [2.45, 2.75) is 19.3 Å². The molecule has 0 amide bonds. The van der Waals surface area contributed by atoms with Crippen molar-refractivity contribution in [3.63, 3.8) is 0 Å². The number of fused-ring (bicyclic) bond motifs is 2. The van der Waals surface area contributed by atoms with E-state index < -0.39 is 0 Å². The minimum atomic E-state index is 1.02. The first-order chi connectivity index (χ1) is 13.9. The van der Waals surface area contributed by atoms with Crippen LogP contribution in [0.5, 0.6) is 0 Å². The van der Waals surface area contributed by atoms with Crippen molar-refractivity contribution in [2.24, 2.45) is 4.99 Å². The molecule has 0 saturated heterocycles. The minimum Gasteiger partial charge on any atom is -0.358 e. The van der Waals surface area contributed by atoms with E-state index in [4.69, 9.17) is 4.99 Å². The van der Waals surface area contributed by atoms with Crippen molar-refractivity contribution >= 4 is 38.6 Å². The van der Waals surface area contributed by atoms with Gasteiger partial charge in [0.25, 0.3) is 0 Å². The molecule has 1 aliphatic carbocycles. The molecular weight excluding hydrogens is 340 g/mol. The van der Waals surface area contributed by atoms with Crippen LogP contribution < -0.4 is 5.32 Å². The first-order valence-corrected chi connectivity index (χ1v) is 9.87. The van der Waals surface area contributed by atoms with E-state index in [2.05, 4.69) is 96.3 Å². The fourth-order valence-corrected chi connectivity index (χ4v) is 3.96. The van der Waals surface area contributed by atoms with Crippen LogP contribution in [0.3, 0.4) is 0 Å². The normalized spacial score (nSPS) is 15.7. The number of benzene rings is 4. The lowest BCUT2D eigenvalue weighted by Gasteiger charge is -2.18. The van der Waals surface area contributed by atoms with Crippen LogP contribution >= 0.6 is 0 Å². The lowest BCUT2D eigenvalue weighted by atomic mass is 10.0. The molecule has 0 bridgehead atoms. The molecule has 0 fully saturated rings. The van der Waals surface area contributed by atoms with E-state index in [0.717, 1.165) is 36.3 Å². The third-order valence-corrected chi connectivity index (χ3v) is 5.34. The number of allylic oxidation sites excluding steroid dienone is 2. The van der Waals surface area contributed by atoms with Gasteiger partial charge in [-0.1, -0.05) is 72.8 Å². The summed E-state index contributed by atoms with van der Waals surface area (Å²) in [5.41, 5.74) is 4.60. The molecule has 0 saturated carbocycles. The van der Waals surface area contributed by atoms with Gasteiger partial charge in [-0.3, -0.25) is 4.99 Å². The highest BCUT2D eigenvalue weighted by atomic mass is 14.9.